The first-order valence-electron chi connectivity index (χ1n) is 6.34. The van der Waals surface area contributed by atoms with E-state index < -0.39 is 0 Å². The van der Waals surface area contributed by atoms with Crippen molar-refractivity contribution in [3.8, 4) is 11.8 Å². The van der Waals surface area contributed by atoms with E-state index in [1.54, 1.807) is 0 Å². The zero-order valence-electron chi connectivity index (χ0n) is 10.5. The predicted octanol–water partition coefficient (Wildman–Crippen LogP) is 2.93. The summed E-state index contributed by atoms with van der Waals surface area (Å²) in [5, 5.41) is 0. The fourth-order valence-corrected chi connectivity index (χ4v) is 2.93. The van der Waals surface area contributed by atoms with Gasteiger partial charge in [0.2, 0.25) is 0 Å². The van der Waals surface area contributed by atoms with E-state index in [0.29, 0.717) is 5.41 Å². The second-order valence-electron chi connectivity index (χ2n) is 5.73. The third-order valence-corrected chi connectivity index (χ3v) is 4.05. The van der Waals surface area contributed by atoms with Crippen LogP contribution in [0.15, 0.2) is 0 Å². The minimum absolute atomic E-state index is 0. The van der Waals surface area contributed by atoms with Gasteiger partial charge in [0.1, 0.15) is 0 Å². The number of hydrogen-bond donors (Lipinski definition) is 0. The Morgan fingerprint density at radius 2 is 2.00 bits per heavy atom. The number of carbonyl (C=O) groups is 1. The van der Waals surface area contributed by atoms with Gasteiger partial charge in [0.25, 0.3) is 5.91 Å². The average molecular weight is 235 g/mol. The van der Waals surface area contributed by atoms with Gasteiger partial charge in [-0.15, -0.1) is 0 Å². The molecule has 0 radical (unpaired) electrons. The molecule has 1 amide bonds. The largest absolute Gasteiger partial charge is 0.331 e. The molecule has 1 aliphatic carbocycles. The number of amides is 1. The van der Waals surface area contributed by atoms with Gasteiger partial charge in [-0.2, -0.15) is 0 Å². The molecule has 0 N–H and O–H groups in total. The van der Waals surface area contributed by atoms with Crippen LogP contribution in [0.3, 0.4) is 0 Å². The van der Waals surface area contributed by atoms with Crippen LogP contribution in [0.25, 0.3) is 0 Å². The van der Waals surface area contributed by atoms with Gasteiger partial charge in [0, 0.05) is 24.9 Å². The molecule has 2 heteroatoms. The van der Waals surface area contributed by atoms with Crippen LogP contribution in [0.5, 0.6) is 0 Å². The summed E-state index contributed by atoms with van der Waals surface area (Å²) < 4.78 is 0. The van der Waals surface area contributed by atoms with Gasteiger partial charge in [-0.25, -0.2) is 0 Å². The maximum absolute atomic E-state index is 11.6. The third kappa shape index (κ3) is 2.65. The molecule has 1 saturated carbocycles. The number of nitrogens with zero attached hydrogens (tertiary/aromatic N) is 1. The van der Waals surface area contributed by atoms with E-state index in [-0.39, 0.29) is 13.3 Å². The SMILES string of the molecule is C.CCC#CC(=O)N1CC2(CC(C(C)C)C2)C1. The minimum Gasteiger partial charge on any atom is -0.331 e. The summed E-state index contributed by atoms with van der Waals surface area (Å²) >= 11 is 0. The zero-order chi connectivity index (χ0) is 11.8. The summed E-state index contributed by atoms with van der Waals surface area (Å²) in [5.41, 5.74) is 0.485. The molecule has 1 spiro atoms. The van der Waals surface area contributed by atoms with Crippen molar-refractivity contribution < 1.29 is 4.79 Å². The van der Waals surface area contributed by atoms with Crippen molar-refractivity contribution in [2.75, 3.05) is 13.1 Å². The Kier molecular flexibility index (Phi) is 4.25. The lowest BCUT2D eigenvalue weighted by atomic mass is 9.55. The summed E-state index contributed by atoms with van der Waals surface area (Å²) in [7, 11) is 0. The Balaban J connectivity index is 0.00000144. The molecule has 2 rings (SSSR count). The summed E-state index contributed by atoms with van der Waals surface area (Å²) in [6.07, 6.45) is 3.39. The molecule has 0 unspecified atom stereocenters. The molecule has 0 aromatic rings. The molecule has 1 aliphatic heterocycles. The topological polar surface area (TPSA) is 20.3 Å². The van der Waals surface area contributed by atoms with Gasteiger partial charge < -0.3 is 4.90 Å². The number of carbonyl (C=O) groups excluding carboxylic acids is 1. The van der Waals surface area contributed by atoms with Gasteiger partial charge in [-0.05, 0) is 30.6 Å². The van der Waals surface area contributed by atoms with Crippen LogP contribution in [0.2, 0.25) is 0 Å². The molecule has 2 aliphatic rings. The lowest BCUT2D eigenvalue weighted by molar-refractivity contribution is -0.151. The van der Waals surface area contributed by atoms with Gasteiger partial charge in [-0.3, -0.25) is 4.79 Å². The van der Waals surface area contributed by atoms with E-state index in [0.717, 1.165) is 31.3 Å². The predicted molar refractivity (Wildman–Crippen MR) is 71.4 cm³/mol. The molecule has 17 heavy (non-hydrogen) atoms. The van der Waals surface area contributed by atoms with Crippen LogP contribution in [0.1, 0.15) is 47.5 Å². The van der Waals surface area contributed by atoms with Crippen LogP contribution in [0.4, 0.5) is 0 Å². The maximum atomic E-state index is 11.6. The molecule has 0 bridgehead atoms. The Hall–Kier alpha value is -0.970. The first-order valence-corrected chi connectivity index (χ1v) is 6.34. The van der Waals surface area contributed by atoms with E-state index in [2.05, 4.69) is 25.7 Å². The second-order valence-corrected chi connectivity index (χ2v) is 5.73. The van der Waals surface area contributed by atoms with Gasteiger partial charge in [0.05, 0.1) is 0 Å². The van der Waals surface area contributed by atoms with Crippen molar-refractivity contribution >= 4 is 5.91 Å². The highest BCUT2D eigenvalue weighted by atomic mass is 16.2. The van der Waals surface area contributed by atoms with E-state index in [1.807, 2.05) is 11.8 Å². The van der Waals surface area contributed by atoms with Crippen molar-refractivity contribution in [2.45, 2.75) is 47.5 Å². The van der Waals surface area contributed by atoms with Gasteiger partial charge in [0.15, 0.2) is 0 Å². The highest BCUT2D eigenvalue weighted by Crippen LogP contribution is 2.54. The van der Waals surface area contributed by atoms with Crippen molar-refractivity contribution in [2.24, 2.45) is 17.3 Å². The summed E-state index contributed by atoms with van der Waals surface area (Å²) in [5.74, 6) is 7.25. The number of hydrogen-bond acceptors (Lipinski definition) is 1. The van der Waals surface area contributed by atoms with Crippen LogP contribution >= 0.6 is 0 Å². The second kappa shape index (κ2) is 5.12. The van der Waals surface area contributed by atoms with E-state index in [9.17, 15) is 4.79 Å². The van der Waals surface area contributed by atoms with Crippen molar-refractivity contribution in [1.29, 1.82) is 0 Å². The van der Waals surface area contributed by atoms with Crippen molar-refractivity contribution in [1.82, 2.24) is 4.90 Å². The Morgan fingerprint density at radius 1 is 1.41 bits per heavy atom. The molecular formula is C15H25NO. The molecule has 0 aromatic carbocycles. The van der Waals surface area contributed by atoms with Gasteiger partial charge >= 0.3 is 0 Å². The molecule has 0 atom stereocenters. The van der Waals surface area contributed by atoms with Crippen LogP contribution in [-0.2, 0) is 4.79 Å². The fourth-order valence-electron chi connectivity index (χ4n) is 2.93. The van der Waals surface area contributed by atoms with E-state index in [1.165, 1.54) is 12.8 Å². The molecule has 96 valence electrons. The first kappa shape index (κ1) is 14.1. The van der Waals surface area contributed by atoms with Crippen LogP contribution in [0, 0.1) is 29.1 Å². The van der Waals surface area contributed by atoms with Crippen LogP contribution in [-0.4, -0.2) is 23.9 Å². The highest BCUT2D eigenvalue weighted by Gasteiger charge is 2.53. The molecule has 0 aromatic heterocycles. The van der Waals surface area contributed by atoms with E-state index >= 15 is 0 Å². The summed E-state index contributed by atoms with van der Waals surface area (Å²) in [4.78, 5) is 13.5. The molecule has 2 nitrogen and oxygen atoms in total. The van der Waals surface area contributed by atoms with E-state index in [4.69, 9.17) is 0 Å². The first-order chi connectivity index (χ1) is 7.56. The number of rotatable bonds is 1. The Labute approximate surface area is 106 Å². The Morgan fingerprint density at radius 3 is 2.47 bits per heavy atom. The smallest absolute Gasteiger partial charge is 0.298 e. The summed E-state index contributed by atoms with van der Waals surface area (Å²) in [6, 6.07) is 0. The van der Waals surface area contributed by atoms with Crippen molar-refractivity contribution in [3.63, 3.8) is 0 Å². The monoisotopic (exact) mass is 235 g/mol. The normalized spacial score (nSPS) is 21.1. The lowest BCUT2D eigenvalue weighted by Gasteiger charge is -2.59. The average Bonchev–Trinajstić information content (AvgIpc) is 2.09. The zero-order valence-corrected chi connectivity index (χ0v) is 10.5. The summed E-state index contributed by atoms with van der Waals surface area (Å²) in [6.45, 7) is 8.47. The number of likely N-dealkylation sites (tertiary alicyclic amines) is 1. The third-order valence-electron chi connectivity index (χ3n) is 4.05. The Bertz CT molecular complexity index is 334. The lowest BCUT2D eigenvalue weighted by Crippen LogP contribution is -2.64. The molecule has 2 fully saturated rings. The maximum Gasteiger partial charge on any atom is 0.298 e. The van der Waals surface area contributed by atoms with Crippen LogP contribution < -0.4 is 0 Å². The fraction of sp³-hybridized carbons (Fsp3) is 0.800. The minimum atomic E-state index is 0. The highest BCUT2D eigenvalue weighted by molar-refractivity contribution is 5.94. The quantitative estimate of drug-likeness (QED) is 0.640. The van der Waals surface area contributed by atoms with Gasteiger partial charge in [-0.1, -0.05) is 34.1 Å². The molecular weight excluding hydrogens is 210 g/mol. The molecule has 1 heterocycles. The molecule has 1 saturated heterocycles. The van der Waals surface area contributed by atoms with Crippen molar-refractivity contribution in [3.05, 3.63) is 0 Å². The standard InChI is InChI=1S/C14H21NO.CH4/c1-4-5-6-13(16)15-9-14(10-15)7-12(8-14)11(2)3;/h11-12H,4,7-10H2,1-3H3;1H4.